The van der Waals surface area contributed by atoms with E-state index >= 15 is 0 Å². The molecule has 1 saturated heterocycles. The monoisotopic (exact) mass is 261 g/mol. The molecule has 2 fully saturated rings. The van der Waals surface area contributed by atoms with Gasteiger partial charge in [0.15, 0.2) is 0 Å². The van der Waals surface area contributed by atoms with Gasteiger partial charge in [-0.1, -0.05) is 0 Å². The third-order valence-corrected chi connectivity index (χ3v) is 4.64. The fourth-order valence-electron chi connectivity index (χ4n) is 3.10. The van der Waals surface area contributed by atoms with Gasteiger partial charge in [0.25, 0.3) is 5.91 Å². The van der Waals surface area contributed by atoms with E-state index in [1.54, 1.807) is 0 Å². The van der Waals surface area contributed by atoms with Crippen LogP contribution >= 0.6 is 0 Å². The summed E-state index contributed by atoms with van der Waals surface area (Å²) in [5, 5.41) is 3.38. The minimum absolute atomic E-state index is 0.188. The Kier molecular flexibility index (Phi) is 3.60. The number of nitrogens with one attached hydrogen (secondary N) is 1. The molecule has 1 saturated carbocycles. The highest BCUT2D eigenvalue weighted by Gasteiger charge is 2.28. The highest BCUT2D eigenvalue weighted by atomic mass is 16.2. The zero-order chi connectivity index (χ0) is 13.2. The fourth-order valence-corrected chi connectivity index (χ4v) is 3.10. The van der Waals surface area contributed by atoms with E-state index in [9.17, 15) is 4.79 Å². The van der Waals surface area contributed by atoms with Crippen molar-refractivity contribution in [3.8, 4) is 0 Å². The molecule has 0 bridgehead atoms. The molecular weight excluding hydrogens is 238 g/mol. The topological polar surface area (TPSA) is 37.3 Å². The van der Waals surface area contributed by atoms with Gasteiger partial charge in [0, 0.05) is 25.3 Å². The smallest absolute Gasteiger partial charge is 0.270 e. The van der Waals surface area contributed by atoms with E-state index in [4.69, 9.17) is 0 Å². The summed E-state index contributed by atoms with van der Waals surface area (Å²) < 4.78 is 2.19. The molecule has 19 heavy (non-hydrogen) atoms. The summed E-state index contributed by atoms with van der Waals surface area (Å²) in [6.45, 7) is 2.10. The Morgan fingerprint density at radius 3 is 2.68 bits per heavy atom. The van der Waals surface area contributed by atoms with Crippen LogP contribution < -0.4 is 5.32 Å². The van der Waals surface area contributed by atoms with Crippen molar-refractivity contribution in [1.82, 2.24) is 14.8 Å². The summed E-state index contributed by atoms with van der Waals surface area (Å²) >= 11 is 0. The largest absolute Gasteiger partial charge is 0.340 e. The first-order valence-corrected chi connectivity index (χ1v) is 7.42. The van der Waals surface area contributed by atoms with Gasteiger partial charge in [-0.2, -0.15) is 0 Å². The molecule has 2 heterocycles. The Labute approximate surface area is 114 Å². The Bertz CT molecular complexity index is 444. The third kappa shape index (κ3) is 2.41. The van der Waals surface area contributed by atoms with Gasteiger partial charge in [0.05, 0.1) is 0 Å². The molecule has 1 aromatic rings. The lowest BCUT2D eigenvalue weighted by atomic mass is 9.91. The minimum Gasteiger partial charge on any atom is -0.340 e. The van der Waals surface area contributed by atoms with Gasteiger partial charge in [0.2, 0.25) is 0 Å². The predicted octanol–water partition coefficient (Wildman–Crippen LogP) is 2.04. The summed E-state index contributed by atoms with van der Waals surface area (Å²) in [5.74, 6) is 0.188. The predicted molar refractivity (Wildman–Crippen MR) is 75.3 cm³/mol. The molecule has 1 aliphatic heterocycles. The number of amides is 1. The molecule has 1 amide bonds. The summed E-state index contributed by atoms with van der Waals surface area (Å²) in [5.41, 5.74) is 0.862. The number of rotatable bonds is 3. The quantitative estimate of drug-likeness (QED) is 0.904. The van der Waals surface area contributed by atoms with Gasteiger partial charge in [0.1, 0.15) is 5.69 Å². The maximum Gasteiger partial charge on any atom is 0.270 e. The Morgan fingerprint density at radius 2 is 2.05 bits per heavy atom. The second-order valence-corrected chi connectivity index (χ2v) is 5.78. The molecule has 2 aliphatic rings. The van der Waals surface area contributed by atoms with Gasteiger partial charge in [-0.15, -0.1) is 0 Å². The van der Waals surface area contributed by atoms with E-state index in [0.29, 0.717) is 12.1 Å². The second kappa shape index (κ2) is 5.37. The van der Waals surface area contributed by atoms with E-state index in [1.807, 2.05) is 24.1 Å². The normalized spacial score (nSPS) is 21.1. The molecule has 1 N–H and O–H groups in total. The average Bonchev–Trinajstić information content (AvgIpc) is 2.86. The summed E-state index contributed by atoms with van der Waals surface area (Å²) in [7, 11) is 1.95. The lowest BCUT2D eigenvalue weighted by molar-refractivity contribution is 0.0637. The lowest BCUT2D eigenvalue weighted by Crippen LogP contribution is -2.42. The molecule has 0 spiro atoms. The Balaban J connectivity index is 1.76. The number of carbonyl (C=O) groups is 1. The highest BCUT2D eigenvalue weighted by Crippen LogP contribution is 2.27. The van der Waals surface area contributed by atoms with Crippen LogP contribution in [0.1, 0.15) is 48.6 Å². The van der Waals surface area contributed by atoms with Crippen molar-refractivity contribution in [3.05, 3.63) is 24.0 Å². The molecule has 1 aliphatic carbocycles. The lowest BCUT2D eigenvalue weighted by Gasteiger charge is -2.35. The summed E-state index contributed by atoms with van der Waals surface area (Å²) in [6, 6.07) is 4.91. The standard InChI is InChI=1S/C15H23N3O/c1-17(12-4-2-5-12)15(19)14-6-3-11-18(14)13-7-9-16-10-8-13/h3,6,11-13,16H,2,4-5,7-10H2,1H3. The zero-order valence-corrected chi connectivity index (χ0v) is 11.6. The molecule has 0 unspecified atom stereocenters. The van der Waals surface area contributed by atoms with E-state index in [1.165, 1.54) is 6.42 Å². The number of hydrogen-bond acceptors (Lipinski definition) is 2. The fraction of sp³-hybridized carbons (Fsp3) is 0.667. The van der Waals surface area contributed by atoms with Crippen molar-refractivity contribution >= 4 is 5.91 Å². The maximum absolute atomic E-state index is 12.6. The van der Waals surface area contributed by atoms with Gasteiger partial charge in [-0.25, -0.2) is 0 Å². The molecule has 0 atom stereocenters. The van der Waals surface area contributed by atoms with Crippen molar-refractivity contribution in [2.24, 2.45) is 0 Å². The van der Waals surface area contributed by atoms with Crippen molar-refractivity contribution < 1.29 is 4.79 Å². The number of nitrogens with zero attached hydrogens (tertiary/aromatic N) is 2. The van der Waals surface area contributed by atoms with E-state index in [-0.39, 0.29) is 5.91 Å². The number of aromatic nitrogens is 1. The van der Waals surface area contributed by atoms with Crippen LogP contribution in [0, 0.1) is 0 Å². The first-order valence-electron chi connectivity index (χ1n) is 7.42. The van der Waals surface area contributed by atoms with Crippen molar-refractivity contribution in [2.45, 2.75) is 44.2 Å². The second-order valence-electron chi connectivity index (χ2n) is 5.78. The van der Waals surface area contributed by atoms with Gasteiger partial charge >= 0.3 is 0 Å². The van der Waals surface area contributed by atoms with Crippen molar-refractivity contribution in [2.75, 3.05) is 20.1 Å². The molecular formula is C15H23N3O. The van der Waals surface area contributed by atoms with Crippen LogP contribution in [0.4, 0.5) is 0 Å². The van der Waals surface area contributed by atoms with Crippen molar-refractivity contribution in [3.63, 3.8) is 0 Å². The van der Waals surface area contributed by atoms with Crippen LogP contribution in [0.15, 0.2) is 18.3 Å². The average molecular weight is 261 g/mol. The molecule has 0 radical (unpaired) electrons. The third-order valence-electron chi connectivity index (χ3n) is 4.64. The van der Waals surface area contributed by atoms with Crippen LogP contribution in [0.5, 0.6) is 0 Å². The molecule has 3 rings (SSSR count). The molecule has 4 heteroatoms. The SMILES string of the molecule is CN(C(=O)c1cccn1C1CCNCC1)C1CCC1. The highest BCUT2D eigenvalue weighted by molar-refractivity contribution is 5.93. The minimum atomic E-state index is 0.188. The van der Waals surface area contributed by atoms with Gasteiger partial charge in [-0.3, -0.25) is 4.79 Å². The van der Waals surface area contributed by atoms with Crippen LogP contribution in [-0.4, -0.2) is 41.6 Å². The van der Waals surface area contributed by atoms with Crippen LogP contribution in [-0.2, 0) is 0 Å². The molecule has 104 valence electrons. The van der Waals surface area contributed by atoms with Crippen LogP contribution in [0.3, 0.4) is 0 Å². The van der Waals surface area contributed by atoms with Gasteiger partial charge < -0.3 is 14.8 Å². The zero-order valence-electron chi connectivity index (χ0n) is 11.6. The maximum atomic E-state index is 12.6. The van der Waals surface area contributed by atoms with Gasteiger partial charge in [-0.05, 0) is 57.3 Å². The first kappa shape index (κ1) is 12.7. The van der Waals surface area contributed by atoms with E-state index in [2.05, 4.69) is 16.1 Å². The Hall–Kier alpha value is -1.29. The molecule has 0 aromatic carbocycles. The first-order chi connectivity index (χ1) is 9.27. The van der Waals surface area contributed by atoms with Crippen LogP contribution in [0.25, 0.3) is 0 Å². The summed E-state index contributed by atoms with van der Waals surface area (Å²) in [4.78, 5) is 14.5. The van der Waals surface area contributed by atoms with Crippen molar-refractivity contribution in [1.29, 1.82) is 0 Å². The summed E-state index contributed by atoms with van der Waals surface area (Å²) in [6.07, 6.45) is 7.88. The van der Waals surface area contributed by atoms with Crippen LogP contribution in [0.2, 0.25) is 0 Å². The van der Waals surface area contributed by atoms with E-state index in [0.717, 1.165) is 44.5 Å². The number of carbonyl (C=O) groups excluding carboxylic acids is 1. The number of piperidine rings is 1. The Morgan fingerprint density at radius 1 is 1.32 bits per heavy atom. The molecule has 4 nitrogen and oxygen atoms in total. The van der Waals surface area contributed by atoms with E-state index < -0.39 is 0 Å². The number of hydrogen-bond donors (Lipinski definition) is 1. The molecule has 1 aromatic heterocycles.